The second kappa shape index (κ2) is 7.14. The second-order valence-corrected chi connectivity index (χ2v) is 3.94. The zero-order valence-corrected chi connectivity index (χ0v) is 10.6. The van der Waals surface area contributed by atoms with Crippen molar-refractivity contribution in [3.05, 3.63) is 34.1 Å². The number of rotatable bonds is 6. The number of amides is 2. The average Bonchev–Trinajstić information content (AvgIpc) is 2.40. The van der Waals surface area contributed by atoms with Crippen molar-refractivity contribution in [3.8, 4) is 0 Å². The van der Waals surface area contributed by atoms with Crippen LogP contribution in [0, 0.1) is 15.9 Å². The number of non-ortho nitro benzene ring substituents is 1. The predicted octanol–water partition coefficient (Wildman–Crippen LogP) is 0.691. The Balaban J connectivity index is 2.52. The zero-order chi connectivity index (χ0) is 16.0. The van der Waals surface area contributed by atoms with Gasteiger partial charge >= 0.3 is 12.0 Å². The molecule has 0 aliphatic heterocycles. The number of benzene rings is 1. The Kier molecular flexibility index (Phi) is 5.55. The number of aliphatic hydroxyl groups excluding tert-OH is 1. The van der Waals surface area contributed by atoms with E-state index < -0.39 is 34.5 Å². The van der Waals surface area contributed by atoms with Gasteiger partial charge in [-0.2, -0.15) is 0 Å². The number of carbonyl (C=O) groups is 2. The molecule has 1 aromatic carbocycles. The molecule has 0 heterocycles. The Morgan fingerprint density at radius 2 is 2.10 bits per heavy atom. The molecule has 0 saturated carbocycles. The SMILES string of the molecule is O=C(NCCC(O)C(=O)O)Nc1ccc([N+](=O)[O-])cc1F. The molecule has 2 amide bonds. The van der Waals surface area contributed by atoms with Crippen molar-refractivity contribution in [2.45, 2.75) is 12.5 Å². The molecule has 10 heteroatoms. The minimum absolute atomic E-state index is 0.145. The van der Waals surface area contributed by atoms with Gasteiger partial charge in [-0.25, -0.2) is 14.0 Å². The number of urea groups is 1. The molecule has 114 valence electrons. The maximum absolute atomic E-state index is 13.5. The molecule has 0 bridgehead atoms. The minimum atomic E-state index is -1.61. The first kappa shape index (κ1) is 16.3. The van der Waals surface area contributed by atoms with E-state index in [1.54, 1.807) is 0 Å². The topological polar surface area (TPSA) is 142 Å². The van der Waals surface area contributed by atoms with Crippen LogP contribution >= 0.6 is 0 Å². The van der Waals surface area contributed by atoms with Crippen LogP contribution in [0.15, 0.2) is 18.2 Å². The molecule has 0 aliphatic carbocycles. The van der Waals surface area contributed by atoms with Gasteiger partial charge in [0.15, 0.2) is 11.9 Å². The third-order valence-corrected chi connectivity index (χ3v) is 2.40. The Labute approximate surface area is 117 Å². The fourth-order valence-corrected chi connectivity index (χ4v) is 1.33. The number of aliphatic hydroxyl groups is 1. The number of halogens is 1. The molecular weight excluding hydrogens is 289 g/mol. The number of anilines is 1. The van der Waals surface area contributed by atoms with Crippen LogP contribution in [0.4, 0.5) is 20.6 Å². The van der Waals surface area contributed by atoms with E-state index in [-0.39, 0.29) is 18.7 Å². The van der Waals surface area contributed by atoms with Crippen molar-refractivity contribution >= 4 is 23.4 Å². The van der Waals surface area contributed by atoms with Gasteiger partial charge in [0.05, 0.1) is 16.7 Å². The van der Waals surface area contributed by atoms with Gasteiger partial charge in [-0.15, -0.1) is 0 Å². The molecule has 1 rings (SSSR count). The van der Waals surface area contributed by atoms with Crippen LogP contribution in [0.1, 0.15) is 6.42 Å². The van der Waals surface area contributed by atoms with Crippen molar-refractivity contribution in [3.63, 3.8) is 0 Å². The number of nitro groups is 1. The molecule has 0 aliphatic rings. The summed E-state index contributed by atoms with van der Waals surface area (Å²) >= 11 is 0. The average molecular weight is 301 g/mol. The predicted molar refractivity (Wildman–Crippen MR) is 68.3 cm³/mol. The van der Waals surface area contributed by atoms with Crippen LogP contribution in [-0.4, -0.2) is 39.8 Å². The number of nitrogens with one attached hydrogen (secondary N) is 2. The second-order valence-electron chi connectivity index (χ2n) is 3.94. The summed E-state index contributed by atoms with van der Waals surface area (Å²) in [5.41, 5.74) is -0.722. The molecule has 1 aromatic rings. The highest BCUT2D eigenvalue weighted by Gasteiger charge is 2.14. The summed E-state index contributed by atoms with van der Waals surface area (Å²) in [6.45, 7) is -0.145. The monoisotopic (exact) mass is 301 g/mol. The third kappa shape index (κ3) is 5.03. The Morgan fingerprint density at radius 1 is 1.43 bits per heavy atom. The summed E-state index contributed by atoms with van der Waals surface area (Å²) in [5, 5.41) is 32.1. The summed E-state index contributed by atoms with van der Waals surface area (Å²) < 4.78 is 13.5. The smallest absolute Gasteiger partial charge is 0.332 e. The van der Waals surface area contributed by atoms with Crippen LogP contribution in [0.2, 0.25) is 0 Å². The van der Waals surface area contributed by atoms with E-state index in [0.29, 0.717) is 6.07 Å². The molecule has 21 heavy (non-hydrogen) atoms. The van der Waals surface area contributed by atoms with Crippen molar-refractivity contribution < 1.29 is 29.1 Å². The van der Waals surface area contributed by atoms with Gasteiger partial charge in [-0.1, -0.05) is 0 Å². The maximum atomic E-state index is 13.5. The lowest BCUT2D eigenvalue weighted by Gasteiger charge is -2.09. The maximum Gasteiger partial charge on any atom is 0.332 e. The standard InChI is InChI=1S/C11H12FN3O6/c12-7-5-6(15(20)21)1-2-8(7)14-11(19)13-4-3-9(16)10(17)18/h1-2,5,9,16H,3-4H2,(H,17,18)(H2,13,14,19). The van der Waals surface area contributed by atoms with E-state index >= 15 is 0 Å². The van der Waals surface area contributed by atoms with E-state index in [2.05, 4.69) is 10.6 Å². The van der Waals surface area contributed by atoms with Gasteiger partial charge in [0.2, 0.25) is 0 Å². The highest BCUT2D eigenvalue weighted by molar-refractivity contribution is 5.89. The highest BCUT2D eigenvalue weighted by Crippen LogP contribution is 2.20. The fourth-order valence-electron chi connectivity index (χ4n) is 1.33. The first-order valence-corrected chi connectivity index (χ1v) is 5.71. The first-order chi connectivity index (χ1) is 9.81. The molecule has 0 aromatic heterocycles. The lowest BCUT2D eigenvalue weighted by molar-refractivity contribution is -0.385. The zero-order valence-electron chi connectivity index (χ0n) is 10.6. The number of carboxylic acids is 1. The molecule has 1 atom stereocenters. The van der Waals surface area contributed by atoms with Crippen molar-refractivity contribution in [1.82, 2.24) is 5.32 Å². The van der Waals surface area contributed by atoms with Crippen molar-refractivity contribution in [2.75, 3.05) is 11.9 Å². The van der Waals surface area contributed by atoms with E-state index in [1.165, 1.54) is 0 Å². The highest BCUT2D eigenvalue weighted by atomic mass is 19.1. The normalized spacial score (nSPS) is 11.5. The first-order valence-electron chi connectivity index (χ1n) is 5.71. The van der Waals surface area contributed by atoms with Gasteiger partial charge in [0.1, 0.15) is 0 Å². The molecule has 0 radical (unpaired) electrons. The van der Waals surface area contributed by atoms with E-state index in [0.717, 1.165) is 12.1 Å². The molecule has 0 saturated heterocycles. The number of hydrogen-bond donors (Lipinski definition) is 4. The molecule has 9 nitrogen and oxygen atoms in total. The third-order valence-electron chi connectivity index (χ3n) is 2.40. The van der Waals surface area contributed by atoms with Crippen LogP contribution in [0.5, 0.6) is 0 Å². The molecule has 0 spiro atoms. The minimum Gasteiger partial charge on any atom is -0.479 e. The lowest BCUT2D eigenvalue weighted by atomic mass is 10.2. The van der Waals surface area contributed by atoms with Gasteiger partial charge < -0.3 is 20.8 Å². The van der Waals surface area contributed by atoms with E-state index in [4.69, 9.17) is 10.2 Å². The van der Waals surface area contributed by atoms with Gasteiger partial charge in [-0.3, -0.25) is 10.1 Å². The number of hydrogen-bond acceptors (Lipinski definition) is 5. The summed E-state index contributed by atoms with van der Waals surface area (Å²) in [5.74, 6) is -2.40. The van der Waals surface area contributed by atoms with Gasteiger partial charge in [-0.05, 0) is 6.07 Å². The Hall–Kier alpha value is -2.75. The number of nitro benzene ring substituents is 1. The summed E-state index contributed by atoms with van der Waals surface area (Å²) in [7, 11) is 0. The van der Waals surface area contributed by atoms with Crippen molar-refractivity contribution in [2.24, 2.45) is 0 Å². The quantitative estimate of drug-likeness (QED) is 0.450. The number of carbonyl (C=O) groups excluding carboxylic acids is 1. The molecule has 1 unspecified atom stereocenters. The van der Waals surface area contributed by atoms with E-state index in [9.17, 15) is 24.1 Å². The summed E-state index contributed by atoms with van der Waals surface area (Å²) in [6.07, 6.45) is -1.83. The number of aliphatic carboxylic acids is 1. The Bertz CT molecular complexity index is 565. The molecule has 4 N–H and O–H groups in total. The van der Waals surface area contributed by atoms with Crippen LogP contribution in [-0.2, 0) is 4.79 Å². The lowest BCUT2D eigenvalue weighted by Crippen LogP contribution is -2.33. The molecule has 0 fully saturated rings. The number of nitrogens with zero attached hydrogens (tertiary/aromatic N) is 1. The van der Waals surface area contributed by atoms with E-state index in [1.807, 2.05) is 0 Å². The Morgan fingerprint density at radius 3 is 2.62 bits per heavy atom. The van der Waals surface area contributed by atoms with Gasteiger partial charge in [0, 0.05) is 19.0 Å². The van der Waals surface area contributed by atoms with Gasteiger partial charge in [0.25, 0.3) is 5.69 Å². The largest absolute Gasteiger partial charge is 0.479 e. The molecular formula is C11H12FN3O6. The fraction of sp³-hybridized carbons (Fsp3) is 0.273. The van der Waals surface area contributed by atoms with Crippen molar-refractivity contribution in [1.29, 1.82) is 0 Å². The number of carboxylic acid groups (broad SMARTS) is 1. The summed E-state index contributed by atoms with van der Waals surface area (Å²) in [6, 6.07) is 1.87. The van der Waals surface area contributed by atoms with Crippen LogP contribution < -0.4 is 10.6 Å². The van der Waals surface area contributed by atoms with Crippen LogP contribution in [0.3, 0.4) is 0 Å². The van der Waals surface area contributed by atoms with Crippen LogP contribution in [0.25, 0.3) is 0 Å². The summed E-state index contributed by atoms with van der Waals surface area (Å²) in [4.78, 5) is 31.3.